The second kappa shape index (κ2) is 6.49. The van der Waals surface area contributed by atoms with Crippen LogP contribution in [0.5, 0.6) is 0 Å². The van der Waals surface area contributed by atoms with Crippen molar-refractivity contribution in [3.05, 3.63) is 35.9 Å². The topological polar surface area (TPSA) is 61.4 Å². The Morgan fingerprint density at radius 3 is 2.29 bits per heavy atom. The van der Waals surface area contributed by atoms with E-state index in [9.17, 15) is 9.90 Å². The van der Waals surface area contributed by atoms with Gasteiger partial charge in [-0.25, -0.2) is 0 Å². The largest absolute Gasteiger partial charge is 0.375 e. The number of benzene rings is 1. The molecule has 2 saturated carbocycles. The Kier molecular flexibility index (Phi) is 4.35. The summed E-state index contributed by atoms with van der Waals surface area (Å²) < 4.78 is 0. The van der Waals surface area contributed by atoms with Gasteiger partial charge in [0.25, 0.3) is 5.91 Å². The number of fused-ring (bicyclic) bond motifs is 1. The van der Waals surface area contributed by atoms with Crippen molar-refractivity contribution in [2.24, 2.45) is 17.8 Å². The van der Waals surface area contributed by atoms with E-state index >= 15 is 0 Å². The number of amides is 1. The first kappa shape index (κ1) is 16.1. The Labute approximate surface area is 144 Å². The maximum absolute atomic E-state index is 13.2. The van der Waals surface area contributed by atoms with Crippen molar-refractivity contribution >= 4 is 5.91 Å². The second-order valence-corrected chi connectivity index (χ2v) is 7.81. The summed E-state index contributed by atoms with van der Waals surface area (Å²) >= 11 is 0. The molecule has 0 aromatic heterocycles. The summed E-state index contributed by atoms with van der Waals surface area (Å²) in [5.74, 6) is 0.949. The number of carbonyl (C=O) groups is 1. The van der Waals surface area contributed by atoms with Crippen LogP contribution < -0.4 is 10.6 Å². The fourth-order valence-electron chi connectivity index (χ4n) is 4.84. The first-order valence-corrected chi connectivity index (χ1v) is 9.51. The van der Waals surface area contributed by atoms with E-state index in [0.717, 1.165) is 44.3 Å². The molecule has 1 saturated heterocycles. The summed E-state index contributed by atoms with van der Waals surface area (Å²) in [6.45, 7) is 1.98. The molecule has 2 unspecified atom stereocenters. The predicted octanol–water partition coefficient (Wildman–Crippen LogP) is 2.18. The van der Waals surface area contributed by atoms with E-state index in [4.69, 9.17) is 0 Å². The molecule has 1 aliphatic heterocycles. The van der Waals surface area contributed by atoms with Gasteiger partial charge in [0, 0.05) is 25.0 Å². The van der Waals surface area contributed by atoms with E-state index in [1.165, 1.54) is 12.8 Å². The first-order chi connectivity index (χ1) is 11.7. The zero-order valence-corrected chi connectivity index (χ0v) is 14.2. The zero-order valence-electron chi connectivity index (χ0n) is 14.2. The summed E-state index contributed by atoms with van der Waals surface area (Å²) in [5, 5.41) is 18.2. The van der Waals surface area contributed by atoms with Crippen molar-refractivity contribution in [3.63, 3.8) is 0 Å². The van der Waals surface area contributed by atoms with Gasteiger partial charge in [-0.15, -0.1) is 0 Å². The maximum Gasteiger partial charge on any atom is 0.257 e. The summed E-state index contributed by atoms with van der Waals surface area (Å²) in [4.78, 5) is 13.2. The van der Waals surface area contributed by atoms with Gasteiger partial charge < -0.3 is 15.7 Å². The van der Waals surface area contributed by atoms with Crippen LogP contribution in [0, 0.1) is 17.8 Å². The number of aliphatic hydroxyl groups is 1. The van der Waals surface area contributed by atoms with Gasteiger partial charge in [0.15, 0.2) is 5.60 Å². The number of carbonyl (C=O) groups excluding carboxylic acids is 1. The highest BCUT2D eigenvalue weighted by Gasteiger charge is 2.56. The normalized spacial score (nSPS) is 32.5. The summed E-state index contributed by atoms with van der Waals surface area (Å²) in [6, 6.07) is 9.82. The van der Waals surface area contributed by atoms with E-state index in [0.29, 0.717) is 11.8 Å². The average Bonchev–Trinajstić information content (AvgIpc) is 3.16. The fourth-order valence-corrected chi connectivity index (χ4v) is 4.84. The third kappa shape index (κ3) is 2.76. The molecule has 4 atom stereocenters. The lowest BCUT2D eigenvalue weighted by atomic mass is 9.76. The Morgan fingerprint density at radius 2 is 1.67 bits per heavy atom. The molecule has 0 spiro atoms. The van der Waals surface area contributed by atoms with Gasteiger partial charge in [0.05, 0.1) is 0 Å². The molecule has 3 aliphatic rings. The third-order valence-corrected chi connectivity index (χ3v) is 6.40. The van der Waals surface area contributed by atoms with Gasteiger partial charge in [-0.2, -0.15) is 0 Å². The molecule has 4 heteroatoms. The Bertz CT molecular complexity index is 573. The molecule has 0 radical (unpaired) electrons. The van der Waals surface area contributed by atoms with Crippen molar-refractivity contribution in [1.29, 1.82) is 0 Å². The van der Waals surface area contributed by atoms with E-state index in [1.54, 1.807) is 0 Å². The molecule has 1 heterocycles. The zero-order chi connectivity index (χ0) is 16.6. The number of hydrogen-bond donors (Lipinski definition) is 3. The summed E-state index contributed by atoms with van der Waals surface area (Å²) in [5.41, 5.74) is -0.644. The smallest absolute Gasteiger partial charge is 0.257 e. The maximum atomic E-state index is 13.2. The van der Waals surface area contributed by atoms with Gasteiger partial charge in [-0.05, 0) is 30.2 Å². The molecule has 3 fully saturated rings. The van der Waals surface area contributed by atoms with Crippen molar-refractivity contribution in [2.45, 2.75) is 50.2 Å². The van der Waals surface area contributed by atoms with Gasteiger partial charge in [-0.3, -0.25) is 4.79 Å². The van der Waals surface area contributed by atoms with E-state index in [2.05, 4.69) is 10.6 Å². The Balaban J connectivity index is 1.58. The Hall–Kier alpha value is -1.39. The molecule has 130 valence electrons. The summed E-state index contributed by atoms with van der Waals surface area (Å²) in [6.07, 6.45) is 6.48. The molecular weight excluding hydrogens is 300 g/mol. The molecule has 1 aromatic carbocycles. The second-order valence-electron chi connectivity index (χ2n) is 7.81. The molecule has 24 heavy (non-hydrogen) atoms. The van der Waals surface area contributed by atoms with Crippen molar-refractivity contribution in [3.8, 4) is 0 Å². The van der Waals surface area contributed by atoms with Crippen molar-refractivity contribution in [1.82, 2.24) is 10.6 Å². The van der Waals surface area contributed by atoms with Crippen LogP contribution in [0.2, 0.25) is 0 Å². The highest BCUT2D eigenvalue weighted by Crippen LogP contribution is 2.44. The molecule has 1 amide bonds. The molecule has 4 rings (SSSR count). The van der Waals surface area contributed by atoms with Crippen LogP contribution in [0.1, 0.15) is 44.1 Å². The van der Waals surface area contributed by atoms with Crippen LogP contribution in [-0.2, 0) is 10.4 Å². The highest BCUT2D eigenvalue weighted by atomic mass is 16.3. The number of hydrogen-bond acceptors (Lipinski definition) is 3. The molecule has 1 aromatic rings. The molecular formula is C20H28N2O2. The lowest BCUT2D eigenvalue weighted by molar-refractivity contribution is -0.148. The van der Waals surface area contributed by atoms with Crippen LogP contribution in [0.25, 0.3) is 0 Å². The van der Waals surface area contributed by atoms with Crippen LogP contribution in [-0.4, -0.2) is 30.1 Å². The van der Waals surface area contributed by atoms with E-state index in [-0.39, 0.29) is 17.9 Å². The minimum absolute atomic E-state index is 0.0131. The first-order valence-electron chi connectivity index (χ1n) is 9.51. The molecule has 2 aliphatic carbocycles. The number of nitrogens with one attached hydrogen (secondary N) is 2. The minimum atomic E-state index is -1.39. The molecule has 0 bridgehead atoms. The lowest BCUT2D eigenvalue weighted by Gasteiger charge is -2.35. The van der Waals surface area contributed by atoms with E-state index < -0.39 is 5.60 Å². The quantitative estimate of drug-likeness (QED) is 0.743. The number of piperidine rings is 1. The van der Waals surface area contributed by atoms with Crippen LogP contribution in [0.3, 0.4) is 0 Å². The average molecular weight is 328 g/mol. The van der Waals surface area contributed by atoms with Crippen molar-refractivity contribution < 1.29 is 9.90 Å². The molecule has 4 nitrogen and oxygen atoms in total. The van der Waals surface area contributed by atoms with Gasteiger partial charge >= 0.3 is 0 Å². The minimum Gasteiger partial charge on any atom is -0.375 e. The van der Waals surface area contributed by atoms with Gasteiger partial charge in [0.2, 0.25) is 0 Å². The SMILES string of the molecule is O=C(N[C@H]1C2CNC[C@@H]21)C(O)(c1ccccc1)C1CCCCCC1. The van der Waals surface area contributed by atoms with Crippen molar-refractivity contribution in [2.75, 3.05) is 13.1 Å². The standard InChI is InChI=1S/C20H28N2O2/c23-19(22-18-16-12-21-13-17(16)18)20(24,15-10-6-3-7-11-15)14-8-4-1-2-5-9-14/h3,6-7,10-11,14,16-18,21,24H,1-2,4-5,8-9,12-13H2,(H,22,23)/t16-,17?,18+,20?/m0/s1. The summed E-state index contributed by atoms with van der Waals surface area (Å²) in [7, 11) is 0. The number of rotatable bonds is 4. The van der Waals surface area contributed by atoms with E-state index in [1.807, 2.05) is 30.3 Å². The van der Waals surface area contributed by atoms with Crippen LogP contribution >= 0.6 is 0 Å². The van der Waals surface area contributed by atoms with Crippen LogP contribution in [0.15, 0.2) is 30.3 Å². The Morgan fingerprint density at radius 1 is 1.04 bits per heavy atom. The van der Waals surface area contributed by atoms with Crippen LogP contribution in [0.4, 0.5) is 0 Å². The highest BCUT2D eigenvalue weighted by molar-refractivity contribution is 5.87. The third-order valence-electron chi connectivity index (χ3n) is 6.40. The lowest BCUT2D eigenvalue weighted by Crippen LogP contribution is -2.51. The monoisotopic (exact) mass is 328 g/mol. The van der Waals surface area contributed by atoms with Gasteiger partial charge in [-0.1, -0.05) is 56.0 Å². The predicted molar refractivity (Wildman–Crippen MR) is 93.3 cm³/mol. The van der Waals surface area contributed by atoms with Gasteiger partial charge in [0.1, 0.15) is 0 Å². The fraction of sp³-hybridized carbons (Fsp3) is 0.650. The molecule has 3 N–H and O–H groups in total.